The van der Waals surface area contributed by atoms with Crippen molar-refractivity contribution in [3.05, 3.63) is 92.0 Å². The zero-order chi connectivity index (χ0) is 22.8. The van der Waals surface area contributed by atoms with Gasteiger partial charge in [0.05, 0.1) is 26.1 Å². The average Bonchev–Trinajstić information content (AvgIpc) is 2.68. The van der Waals surface area contributed by atoms with Crippen LogP contribution in [0.4, 0.5) is 17.1 Å². The van der Waals surface area contributed by atoms with E-state index in [0.29, 0.717) is 16.3 Å². The van der Waals surface area contributed by atoms with Crippen LogP contribution in [-0.2, 0) is 10.0 Å². The van der Waals surface area contributed by atoms with E-state index in [-0.39, 0.29) is 26.9 Å². The Morgan fingerprint density at radius 2 is 1.74 bits per heavy atom. The Balaban J connectivity index is 1.87. The highest BCUT2D eigenvalue weighted by Crippen LogP contribution is 2.26. The van der Waals surface area contributed by atoms with Gasteiger partial charge in [0.1, 0.15) is 0 Å². The third-order valence-corrected chi connectivity index (χ3v) is 6.29. The van der Waals surface area contributed by atoms with Gasteiger partial charge in [-0.25, -0.2) is 8.42 Å². The zero-order valence-corrected chi connectivity index (χ0v) is 18.3. The number of sulfonamides is 1. The third kappa shape index (κ3) is 5.32. The molecule has 0 aliphatic rings. The molecule has 0 saturated heterocycles. The number of carbonyl (C=O) groups excluding carboxylic acids is 1. The third-order valence-electron chi connectivity index (χ3n) is 4.22. The van der Waals surface area contributed by atoms with E-state index in [2.05, 4.69) is 10.0 Å². The Labute approximate surface area is 188 Å². The molecule has 3 aromatic rings. The van der Waals surface area contributed by atoms with Crippen molar-refractivity contribution in [3.63, 3.8) is 0 Å². The van der Waals surface area contributed by atoms with Crippen molar-refractivity contribution in [2.75, 3.05) is 10.0 Å². The summed E-state index contributed by atoms with van der Waals surface area (Å²) in [6.07, 6.45) is 0. The maximum atomic E-state index is 12.8. The van der Waals surface area contributed by atoms with Crippen molar-refractivity contribution >= 4 is 56.2 Å². The van der Waals surface area contributed by atoms with Gasteiger partial charge < -0.3 is 5.32 Å². The number of benzene rings is 3. The molecule has 3 rings (SSSR count). The molecule has 0 saturated carbocycles. The van der Waals surface area contributed by atoms with Crippen LogP contribution in [-0.4, -0.2) is 19.2 Å². The lowest BCUT2D eigenvalue weighted by Gasteiger charge is -2.13. The summed E-state index contributed by atoms with van der Waals surface area (Å²) in [7, 11) is -3.97. The molecule has 11 heteroatoms. The second-order valence-electron chi connectivity index (χ2n) is 6.47. The Hall–Kier alpha value is -3.14. The van der Waals surface area contributed by atoms with Crippen molar-refractivity contribution < 1.29 is 18.1 Å². The molecular weight excluding hydrogens is 465 g/mol. The van der Waals surface area contributed by atoms with Crippen LogP contribution in [0, 0.1) is 17.0 Å². The average molecular weight is 480 g/mol. The summed E-state index contributed by atoms with van der Waals surface area (Å²) >= 11 is 11.9. The van der Waals surface area contributed by atoms with Gasteiger partial charge in [0.25, 0.3) is 21.6 Å². The number of nitro benzene ring substituents is 1. The monoisotopic (exact) mass is 479 g/mol. The number of anilines is 2. The van der Waals surface area contributed by atoms with E-state index in [1.54, 1.807) is 31.2 Å². The molecule has 0 radical (unpaired) electrons. The van der Waals surface area contributed by atoms with Gasteiger partial charge in [-0.1, -0.05) is 35.3 Å². The predicted octanol–water partition coefficient (Wildman–Crippen LogP) is 5.26. The van der Waals surface area contributed by atoms with E-state index in [1.165, 1.54) is 24.3 Å². The Morgan fingerprint density at radius 1 is 1.00 bits per heavy atom. The van der Waals surface area contributed by atoms with Crippen LogP contribution >= 0.6 is 23.2 Å². The van der Waals surface area contributed by atoms with E-state index in [9.17, 15) is 23.3 Å². The molecule has 0 aliphatic heterocycles. The van der Waals surface area contributed by atoms with Crippen LogP contribution in [0.15, 0.2) is 65.6 Å². The van der Waals surface area contributed by atoms with Crippen LogP contribution in [0.5, 0.6) is 0 Å². The summed E-state index contributed by atoms with van der Waals surface area (Å²) in [6, 6.07) is 14.1. The van der Waals surface area contributed by atoms with Crippen molar-refractivity contribution in [1.29, 1.82) is 0 Å². The van der Waals surface area contributed by atoms with Gasteiger partial charge in [-0.3, -0.25) is 19.6 Å². The molecule has 3 aromatic carbocycles. The van der Waals surface area contributed by atoms with Crippen LogP contribution in [0.25, 0.3) is 0 Å². The summed E-state index contributed by atoms with van der Waals surface area (Å²) in [4.78, 5) is 22.7. The summed E-state index contributed by atoms with van der Waals surface area (Å²) in [5.41, 5.74) is 0.711. The Morgan fingerprint density at radius 3 is 2.39 bits per heavy atom. The first-order valence-electron chi connectivity index (χ1n) is 8.71. The van der Waals surface area contributed by atoms with Crippen LogP contribution < -0.4 is 10.0 Å². The molecule has 0 aliphatic carbocycles. The van der Waals surface area contributed by atoms with Gasteiger partial charge >= 0.3 is 0 Å². The summed E-state index contributed by atoms with van der Waals surface area (Å²) in [5, 5.41) is 13.6. The van der Waals surface area contributed by atoms with Crippen molar-refractivity contribution in [3.8, 4) is 0 Å². The van der Waals surface area contributed by atoms with Crippen molar-refractivity contribution in [2.24, 2.45) is 0 Å². The lowest BCUT2D eigenvalue weighted by molar-refractivity contribution is -0.384. The second kappa shape index (κ2) is 8.93. The first-order valence-corrected chi connectivity index (χ1v) is 10.9. The van der Waals surface area contributed by atoms with Gasteiger partial charge in [0.15, 0.2) is 0 Å². The maximum Gasteiger partial charge on any atom is 0.270 e. The molecule has 0 spiro atoms. The number of hydrogen-bond acceptors (Lipinski definition) is 5. The highest BCUT2D eigenvalue weighted by Gasteiger charge is 2.20. The first-order chi connectivity index (χ1) is 14.6. The Bertz CT molecular complexity index is 1300. The lowest BCUT2D eigenvalue weighted by Crippen LogP contribution is -2.16. The van der Waals surface area contributed by atoms with Crippen molar-refractivity contribution in [2.45, 2.75) is 11.8 Å². The van der Waals surface area contributed by atoms with Crippen LogP contribution in [0.3, 0.4) is 0 Å². The molecule has 0 bridgehead atoms. The number of non-ortho nitro benzene ring substituents is 1. The molecule has 2 N–H and O–H groups in total. The number of hydrogen-bond donors (Lipinski definition) is 2. The number of rotatable bonds is 6. The van der Waals surface area contributed by atoms with E-state index < -0.39 is 20.9 Å². The SMILES string of the molecule is Cc1ccc(NC(=O)c2ccc([N+](=O)[O-])cc2Cl)cc1S(=O)(=O)Nc1cccc(Cl)c1. The predicted molar refractivity (Wildman–Crippen MR) is 119 cm³/mol. The summed E-state index contributed by atoms with van der Waals surface area (Å²) in [6.45, 7) is 1.62. The molecule has 0 unspecified atom stereocenters. The van der Waals surface area contributed by atoms with Gasteiger partial charge in [-0.15, -0.1) is 0 Å². The van der Waals surface area contributed by atoms with Gasteiger partial charge in [0, 0.05) is 22.8 Å². The normalized spacial score (nSPS) is 11.1. The minimum absolute atomic E-state index is 0.00861. The number of aryl methyl sites for hydroxylation is 1. The quantitative estimate of drug-likeness (QED) is 0.368. The maximum absolute atomic E-state index is 12.8. The fourth-order valence-corrected chi connectivity index (χ4v) is 4.50. The number of halogens is 2. The number of nitro groups is 1. The highest BCUT2D eigenvalue weighted by molar-refractivity contribution is 7.92. The molecule has 31 heavy (non-hydrogen) atoms. The minimum Gasteiger partial charge on any atom is -0.322 e. The number of amides is 1. The van der Waals surface area contributed by atoms with E-state index in [4.69, 9.17) is 23.2 Å². The largest absolute Gasteiger partial charge is 0.322 e. The number of nitrogens with zero attached hydrogens (tertiary/aromatic N) is 1. The zero-order valence-electron chi connectivity index (χ0n) is 15.9. The first kappa shape index (κ1) is 22.5. The summed E-state index contributed by atoms with van der Waals surface area (Å²) in [5.74, 6) is -0.644. The fraction of sp³-hybridized carbons (Fsp3) is 0.0500. The Kier molecular flexibility index (Phi) is 6.49. The lowest BCUT2D eigenvalue weighted by atomic mass is 10.1. The van der Waals surface area contributed by atoms with Gasteiger partial charge in [-0.05, 0) is 48.9 Å². The molecule has 0 aromatic heterocycles. The molecule has 1 amide bonds. The molecule has 160 valence electrons. The number of carbonyl (C=O) groups is 1. The molecular formula is C20H15Cl2N3O5S. The second-order valence-corrected chi connectivity index (χ2v) is 8.97. The molecule has 0 fully saturated rings. The van der Waals surface area contributed by atoms with E-state index in [0.717, 1.165) is 12.1 Å². The standard InChI is InChI=1S/C20H15Cl2N3O5S/c1-12-5-6-14(23-20(26)17-8-7-16(25(27)28)11-18(17)22)10-19(12)31(29,30)24-15-4-2-3-13(21)9-15/h2-11,24H,1H3,(H,23,26). The molecule has 0 heterocycles. The topological polar surface area (TPSA) is 118 Å². The van der Waals surface area contributed by atoms with Gasteiger partial charge in [-0.2, -0.15) is 0 Å². The fourth-order valence-electron chi connectivity index (χ4n) is 2.73. The smallest absolute Gasteiger partial charge is 0.270 e. The number of nitrogens with one attached hydrogen (secondary N) is 2. The van der Waals surface area contributed by atoms with Crippen LogP contribution in [0.1, 0.15) is 15.9 Å². The molecule has 0 atom stereocenters. The van der Waals surface area contributed by atoms with Crippen molar-refractivity contribution in [1.82, 2.24) is 0 Å². The summed E-state index contributed by atoms with van der Waals surface area (Å²) < 4.78 is 28.1. The minimum atomic E-state index is -3.97. The van der Waals surface area contributed by atoms with Crippen LogP contribution in [0.2, 0.25) is 10.0 Å². The van der Waals surface area contributed by atoms with E-state index >= 15 is 0 Å². The molecule has 8 nitrogen and oxygen atoms in total. The highest BCUT2D eigenvalue weighted by atomic mass is 35.5. The van der Waals surface area contributed by atoms with Gasteiger partial charge in [0.2, 0.25) is 0 Å². The van der Waals surface area contributed by atoms with E-state index in [1.807, 2.05) is 0 Å².